The maximum absolute atomic E-state index is 11.7. The first-order valence-corrected chi connectivity index (χ1v) is 5.72. The van der Waals surface area contributed by atoms with E-state index in [4.69, 9.17) is 4.74 Å². The summed E-state index contributed by atoms with van der Waals surface area (Å²) in [5, 5.41) is 9.76. The van der Waals surface area contributed by atoms with E-state index in [1.165, 1.54) is 0 Å². The summed E-state index contributed by atoms with van der Waals surface area (Å²) in [6.45, 7) is 3.31. The number of nitrogens with one attached hydrogen (secondary N) is 2. The number of aromatic nitrogens is 2. The predicted molar refractivity (Wildman–Crippen MR) is 60.1 cm³/mol. The van der Waals surface area contributed by atoms with Crippen molar-refractivity contribution in [1.82, 2.24) is 10.2 Å². The minimum absolute atomic E-state index is 0.00653. The molecule has 5 nitrogen and oxygen atoms in total. The van der Waals surface area contributed by atoms with Gasteiger partial charge in [-0.3, -0.25) is 9.89 Å². The highest BCUT2D eigenvalue weighted by atomic mass is 16.5. The largest absolute Gasteiger partial charge is 0.381 e. The van der Waals surface area contributed by atoms with Crippen molar-refractivity contribution in [3.8, 4) is 0 Å². The fourth-order valence-corrected chi connectivity index (χ4v) is 1.79. The predicted octanol–water partition coefficient (Wildman–Crippen LogP) is 1.34. The Morgan fingerprint density at radius 2 is 2.62 bits per heavy atom. The van der Waals surface area contributed by atoms with Crippen LogP contribution in [0, 0.1) is 5.92 Å². The Morgan fingerprint density at radius 1 is 1.75 bits per heavy atom. The average Bonchev–Trinajstić information content (AvgIpc) is 2.89. The first-order chi connectivity index (χ1) is 7.79. The minimum Gasteiger partial charge on any atom is -0.381 e. The normalized spacial score (nSPS) is 19.9. The van der Waals surface area contributed by atoms with E-state index in [1.807, 2.05) is 6.07 Å². The van der Waals surface area contributed by atoms with Gasteiger partial charge in [-0.25, -0.2) is 0 Å². The van der Waals surface area contributed by atoms with Crippen molar-refractivity contribution < 1.29 is 9.53 Å². The van der Waals surface area contributed by atoms with E-state index in [2.05, 4.69) is 22.4 Å². The quantitative estimate of drug-likeness (QED) is 0.809. The first kappa shape index (κ1) is 11.1. The van der Waals surface area contributed by atoms with E-state index in [1.54, 1.807) is 0 Å². The Kier molecular flexibility index (Phi) is 3.56. The number of anilines is 1. The maximum atomic E-state index is 11.7. The van der Waals surface area contributed by atoms with Gasteiger partial charge in [0.25, 0.3) is 0 Å². The Bertz CT molecular complexity index is 356. The summed E-state index contributed by atoms with van der Waals surface area (Å²) in [5.41, 5.74) is 1.06. The lowest BCUT2D eigenvalue weighted by atomic mass is 10.1. The molecule has 1 aliphatic rings. The van der Waals surface area contributed by atoms with Gasteiger partial charge in [0, 0.05) is 18.4 Å². The number of hydrogen-bond acceptors (Lipinski definition) is 3. The molecule has 0 radical (unpaired) electrons. The van der Waals surface area contributed by atoms with Crippen LogP contribution in [0.5, 0.6) is 0 Å². The van der Waals surface area contributed by atoms with Crippen molar-refractivity contribution in [1.29, 1.82) is 0 Å². The minimum atomic E-state index is -0.0219. The van der Waals surface area contributed by atoms with Crippen molar-refractivity contribution in [3.05, 3.63) is 11.8 Å². The van der Waals surface area contributed by atoms with E-state index in [9.17, 15) is 4.79 Å². The van der Waals surface area contributed by atoms with Crippen LogP contribution >= 0.6 is 0 Å². The topological polar surface area (TPSA) is 67.0 Å². The summed E-state index contributed by atoms with van der Waals surface area (Å²) in [7, 11) is 0. The molecule has 1 fully saturated rings. The first-order valence-electron chi connectivity index (χ1n) is 5.72. The number of H-pyrrole nitrogens is 1. The van der Waals surface area contributed by atoms with Gasteiger partial charge in [-0.15, -0.1) is 0 Å². The van der Waals surface area contributed by atoms with Crippen molar-refractivity contribution >= 4 is 11.7 Å². The third-order valence-electron chi connectivity index (χ3n) is 2.70. The molecule has 0 aliphatic carbocycles. The van der Waals surface area contributed by atoms with Crippen LogP contribution in [0.3, 0.4) is 0 Å². The molecule has 0 bridgehead atoms. The van der Waals surface area contributed by atoms with Crippen molar-refractivity contribution in [2.75, 3.05) is 18.5 Å². The monoisotopic (exact) mass is 223 g/mol. The molecule has 1 aromatic heterocycles. The van der Waals surface area contributed by atoms with E-state index < -0.39 is 0 Å². The van der Waals surface area contributed by atoms with E-state index in [0.717, 1.165) is 25.0 Å². The molecule has 2 N–H and O–H groups in total. The third-order valence-corrected chi connectivity index (χ3v) is 2.70. The zero-order chi connectivity index (χ0) is 11.4. The Hall–Kier alpha value is -1.36. The number of ether oxygens (including phenoxy) is 1. The standard InChI is InChI=1S/C11H17N3O2/c1-2-3-9-6-10(14-13-9)12-11(15)8-4-5-16-7-8/h6,8H,2-5,7H2,1H3,(H2,12,13,14,15). The fraction of sp³-hybridized carbons (Fsp3) is 0.636. The fourth-order valence-electron chi connectivity index (χ4n) is 1.79. The zero-order valence-corrected chi connectivity index (χ0v) is 9.45. The van der Waals surface area contributed by atoms with E-state index in [0.29, 0.717) is 19.0 Å². The SMILES string of the molecule is CCCc1cc(NC(=O)C2CCOC2)n[nH]1. The second kappa shape index (κ2) is 5.12. The van der Waals surface area contributed by atoms with Gasteiger partial charge in [-0.05, 0) is 12.8 Å². The van der Waals surface area contributed by atoms with Crippen LogP contribution in [0.2, 0.25) is 0 Å². The summed E-state index contributed by atoms with van der Waals surface area (Å²) in [6, 6.07) is 1.89. The van der Waals surface area contributed by atoms with Crippen molar-refractivity contribution in [2.45, 2.75) is 26.2 Å². The molecule has 1 aromatic rings. The van der Waals surface area contributed by atoms with Gasteiger partial charge in [0.15, 0.2) is 5.82 Å². The Balaban J connectivity index is 1.89. The lowest BCUT2D eigenvalue weighted by Gasteiger charge is -2.05. The number of carbonyl (C=O) groups is 1. The van der Waals surface area contributed by atoms with Crippen LogP contribution in [-0.4, -0.2) is 29.3 Å². The molecule has 1 saturated heterocycles. The van der Waals surface area contributed by atoms with Gasteiger partial charge in [0.05, 0.1) is 12.5 Å². The summed E-state index contributed by atoms with van der Waals surface area (Å²) < 4.78 is 5.17. The van der Waals surface area contributed by atoms with Crippen molar-refractivity contribution in [3.63, 3.8) is 0 Å². The number of aryl methyl sites for hydroxylation is 1. The van der Waals surface area contributed by atoms with E-state index >= 15 is 0 Å². The molecular weight excluding hydrogens is 206 g/mol. The molecule has 0 saturated carbocycles. The number of aromatic amines is 1. The average molecular weight is 223 g/mol. The third kappa shape index (κ3) is 2.61. The highest BCUT2D eigenvalue weighted by Crippen LogP contribution is 2.15. The molecule has 16 heavy (non-hydrogen) atoms. The summed E-state index contributed by atoms with van der Waals surface area (Å²) in [6.07, 6.45) is 2.82. The zero-order valence-electron chi connectivity index (χ0n) is 9.45. The van der Waals surface area contributed by atoms with E-state index in [-0.39, 0.29) is 11.8 Å². The van der Waals surface area contributed by atoms with Crippen LogP contribution < -0.4 is 5.32 Å². The lowest BCUT2D eigenvalue weighted by Crippen LogP contribution is -2.22. The molecule has 1 amide bonds. The highest BCUT2D eigenvalue weighted by molar-refractivity contribution is 5.91. The van der Waals surface area contributed by atoms with Gasteiger partial charge in [-0.1, -0.05) is 13.3 Å². The molecule has 1 aliphatic heterocycles. The number of hydrogen-bond donors (Lipinski definition) is 2. The molecule has 5 heteroatoms. The maximum Gasteiger partial charge on any atom is 0.231 e. The van der Waals surface area contributed by atoms with Crippen LogP contribution in [-0.2, 0) is 16.0 Å². The number of amides is 1. The molecule has 0 aromatic carbocycles. The van der Waals surface area contributed by atoms with Crippen LogP contribution in [0.4, 0.5) is 5.82 Å². The van der Waals surface area contributed by atoms with Gasteiger partial charge >= 0.3 is 0 Å². The number of carbonyl (C=O) groups excluding carboxylic acids is 1. The summed E-state index contributed by atoms with van der Waals surface area (Å²) in [5.74, 6) is 0.596. The van der Waals surface area contributed by atoms with Crippen molar-refractivity contribution in [2.24, 2.45) is 5.92 Å². The molecule has 2 rings (SSSR count). The number of rotatable bonds is 4. The second-order valence-electron chi connectivity index (χ2n) is 4.08. The lowest BCUT2D eigenvalue weighted by molar-refractivity contribution is -0.119. The Labute approximate surface area is 94.6 Å². The van der Waals surface area contributed by atoms with Gasteiger partial charge in [0.2, 0.25) is 5.91 Å². The molecule has 88 valence electrons. The smallest absolute Gasteiger partial charge is 0.231 e. The van der Waals surface area contributed by atoms with Gasteiger partial charge in [0.1, 0.15) is 0 Å². The molecule has 0 spiro atoms. The second-order valence-corrected chi connectivity index (χ2v) is 4.08. The van der Waals surface area contributed by atoms with Gasteiger partial charge < -0.3 is 10.1 Å². The molecule has 1 atom stereocenters. The van der Waals surface area contributed by atoms with Crippen LogP contribution in [0.15, 0.2) is 6.07 Å². The molecular formula is C11H17N3O2. The molecule has 2 heterocycles. The van der Waals surface area contributed by atoms with Crippen LogP contribution in [0.25, 0.3) is 0 Å². The Morgan fingerprint density at radius 3 is 3.31 bits per heavy atom. The summed E-state index contributed by atoms with van der Waals surface area (Å²) >= 11 is 0. The highest BCUT2D eigenvalue weighted by Gasteiger charge is 2.23. The number of nitrogens with zero attached hydrogens (tertiary/aromatic N) is 1. The van der Waals surface area contributed by atoms with Crippen LogP contribution in [0.1, 0.15) is 25.5 Å². The van der Waals surface area contributed by atoms with Gasteiger partial charge in [-0.2, -0.15) is 5.10 Å². The summed E-state index contributed by atoms with van der Waals surface area (Å²) in [4.78, 5) is 11.7. The molecule has 1 unspecified atom stereocenters.